The summed E-state index contributed by atoms with van der Waals surface area (Å²) in [6, 6.07) is 4.02. The van der Waals surface area contributed by atoms with E-state index >= 15 is 0 Å². The fourth-order valence-electron chi connectivity index (χ4n) is 2.02. The van der Waals surface area contributed by atoms with Crippen molar-refractivity contribution in [3.8, 4) is 0 Å². The van der Waals surface area contributed by atoms with Crippen molar-refractivity contribution in [3.05, 3.63) is 33.9 Å². The van der Waals surface area contributed by atoms with Gasteiger partial charge in [0.25, 0.3) is 5.69 Å². The number of nitrogens with zero attached hydrogens (tertiary/aromatic N) is 1. The Hall–Kier alpha value is -2.15. The fraction of sp³-hybridized carbons (Fsp3) is 0.417. The molecule has 1 unspecified atom stereocenters. The molecule has 1 saturated heterocycles. The van der Waals surface area contributed by atoms with Crippen LogP contribution in [0, 0.1) is 10.1 Å². The van der Waals surface area contributed by atoms with Crippen LogP contribution in [0.2, 0.25) is 0 Å². The Balaban J connectivity index is 2.16. The second-order valence-corrected chi connectivity index (χ2v) is 4.37. The van der Waals surface area contributed by atoms with Crippen LogP contribution >= 0.6 is 0 Å². The molecule has 1 amide bonds. The number of nitrogens with two attached hydrogens (primary N) is 1. The zero-order chi connectivity index (χ0) is 13.8. The molecule has 102 valence electrons. The van der Waals surface area contributed by atoms with Crippen LogP contribution in [0.1, 0.15) is 23.2 Å². The lowest BCUT2D eigenvalue weighted by Crippen LogP contribution is -2.19. The molecule has 0 saturated carbocycles. The average molecular weight is 265 g/mol. The number of nitro benzene ring substituents is 1. The normalized spacial score (nSPS) is 18.2. The first-order chi connectivity index (χ1) is 9.08. The van der Waals surface area contributed by atoms with Crippen LogP contribution in [0.5, 0.6) is 0 Å². The van der Waals surface area contributed by atoms with Crippen LogP contribution in [-0.2, 0) is 4.74 Å². The van der Waals surface area contributed by atoms with Gasteiger partial charge in [-0.05, 0) is 25.0 Å². The van der Waals surface area contributed by atoms with Crippen LogP contribution in [0.25, 0.3) is 0 Å². The van der Waals surface area contributed by atoms with Gasteiger partial charge in [-0.2, -0.15) is 0 Å². The van der Waals surface area contributed by atoms with Crippen molar-refractivity contribution in [1.29, 1.82) is 0 Å². The van der Waals surface area contributed by atoms with Crippen LogP contribution in [0.15, 0.2) is 18.2 Å². The van der Waals surface area contributed by atoms with Gasteiger partial charge in [0, 0.05) is 24.8 Å². The van der Waals surface area contributed by atoms with Crippen molar-refractivity contribution >= 4 is 17.3 Å². The number of benzene rings is 1. The Morgan fingerprint density at radius 1 is 1.58 bits per heavy atom. The predicted octanol–water partition coefficient (Wildman–Crippen LogP) is 1.28. The number of rotatable bonds is 5. The van der Waals surface area contributed by atoms with Crippen molar-refractivity contribution in [1.82, 2.24) is 0 Å². The van der Waals surface area contributed by atoms with E-state index in [-0.39, 0.29) is 23.0 Å². The van der Waals surface area contributed by atoms with Gasteiger partial charge in [-0.1, -0.05) is 0 Å². The maximum atomic E-state index is 11.1. The molecule has 1 aromatic rings. The summed E-state index contributed by atoms with van der Waals surface area (Å²) in [6.45, 7) is 1.19. The minimum Gasteiger partial charge on any atom is -0.377 e. The molecule has 1 aliphatic rings. The molecule has 0 spiro atoms. The highest BCUT2D eigenvalue weighted by Gasteiger charge is 2.19. The van der Waals surface area contributed by atoms with E-state index in [1.54, 1.807) is 0 Å². The van der Waals surface area contributed by atoms with Gasteiger partial charge in [0.1, 0.15) is 5.69 Å². The number of nitro groups is 1. The summed E-state index contributed by atoms with van der Waals surface area (Å²) in [5, 5.41) is 13.9. The van der Waals surface area contributed by atoms with Gasteiger partial charge in [-0.25, -0.2) is 0 Å². The number of ether oxygens (including phenoxy) is 1. The number of hydrogen-bond donors (Lipinski definition) is 2. The standard InChI is InChI=1S/C12H15N3O4/c13-12(16)8-3-4-11(15(17)18)10(6-8)14-7-9-2-1-5-19-9/h3-4,6,9,14H,1-2,5,7H2,(H2,13,16). The Kier molecular flexibility index (Phi) is 3.96. The quantitative estimate of drug-likeness (QED) is 0.616. The summed E-state index contributed by atoms with van der Waals surface area (Å²) in [4.78, 5) is 21.5. The minimum absolute atomic E-state index is 0.0526. The van der Waals surface area contributed by atoms with Crippen molar-refractivity contribution in [2.45, 2.75) is 18.9 Å². The van der Waals surface area contributed by atoms with Crippen molar-refractivity contribution in [2.75, 3.05) is 18.5 Å². The van der Waals surface area contributed by atoms with Crippen molar-refractivity contribution in [2.24, 2.45) is 5.73 Å². The van der Waals surface area contributed by atoms with Gasteiger partial charge >= 0.3 is 0 Å². The number of hydrogen-bond acceptors (Lipinski definition) is 5. The summed E-state index contributed by atoms with van der Waals surface area (Å²) in [7, 11) is 0. The van der Waals surface area contributed by atoms with Crippen molar-refractivity contribution < 1.29 is 14.5 Å². The lowest BCUT2D eigenvalue weighted by atomic mass is 10.1. The third-order valence-corrected chi connectivity index (χ3v) is 3.02. The fourth-order valence-corrected chi connectivity index (χ4v) is 2.02. The first kappa shape index (κ1) is 13.3. The van der Waals surface area contributed by atoms with E-state index in [0.29, 0.717) is 6.54 Å². The Bertz CT molecular complexity index is 498. The van der Waals surface area contributed by atoms with Gasteiger partial charge in [-0.3, -0.25) is 14.9 Å². The number of anilines is 1. The van der Waals surface area contributed by atoms with E-state index in [0.717, 1.165) is 19.4 Å². The monoisotopic (exact) mass is 265 g/mol. The Morgan fingerprint density at radius 2 is 2.37 bits per heavy atom. The number of amides is 1. The molecule has 7 heteroatoms. The largest absolute Gasteiger partial charge is 0.377 e. The van der Waals surface area contributed by atoms with E-state index in [1.165, 1.54) is 18.2 Å². The SMILES string of the molecule is NC(=O)c1ccc([N+](=O)[O-])c(NCC2CCCO2)c1. The molecular formula is C12H15N3O4. The molecule has 2 rings (SSSR count). The van der Waals surface area contributed by atoms with E-state index in [4.69, 9.17) is 10.5 Å². The van der Waals surface area contributed by atoms with E-state index < -0.39 is 10.8 Å². The summed E-state index contributed by atoms with van der Waals surface area (Å²) in [6.07, 6.45) is 1.98. The zero-order valence-electron chi connectivity index (χ0n) is 10.3. The summed E-state index contributed by atoms with van der Waals surface area (Å²) in [5.74, 6) is -0.616. The lowest BCUT2D eigenvalue weighted by molar-refractivity contribution is -0.384. The molecule has 0 bridgehead atoms. The number of nitrogens with one attached hydrogen (secondary N) is 1. The van der Waals surface area contributed by atoms with Gasteiger partial charge in [-0.15, -0.1) is 0 Å². The van der Waals surface area contributed by atoms with Gasteiger partial charge in [0.05, 0.1) is 11.0 Å². The minimum atomic E-state index is -0.616. The molecule has 3 N–H and O–H groups in total. The highest BCUT2D eigenvalue weighted by atomic mass is 16.6. The molecule has 1 aromatic carbocycles. The van der Waals surface area contributed by atoms with Gasteiger partial charge in [0.15, 0.2) is 0 Å². The molecule has 7 nitrogen and oxygen atoms in total. The molecule has 1 aliphatic heterocycles. The van der Waals surface area contributed by atoms with E-state index in [9.17, 15) is 14.9 Å². The Labute approximate surface area is 109 Å². The zero-order valence-corrected chi connectivity index (χ0v) is 10.3. The molecule has 1 fully saturated rings. The average Bonchev–Trinajstić information content (AvgIpc) is 2.88. The molecule has 1 atom stereocenters. The summed E-state index contributed by atoms with van der Waals surface area (Å²) in [5.41, 5.74) is 5.61. The third-order valence-electron chi connectivity index (χ3n) is 3.02. The highest BCUT2D eigenvalue weighted by molar-refractivity contribution is 5.94. The van der Waals surface area contributed by atoms with Crippen LogP contribution in [0.4, 0.5) is 11.4 Å². The number of carbonyl (C=O) groups excluding carboxylic acids is 1. The van der Waals surface area contributed by atoms with E-state index in [1.807, 2.05) is 0 Å². The molecule has 1 heterocycles. The number of primary amides is 1. The maximum absolute atomic E-state index is 11.1. The molecule has 0 radical (unpaired) electrons. The Morgan fingerprint density at radius 3 is 2.95 bits per heavy atom. The van der Waals surface area contributed by atoms with E-state index in [2.05, 4.69) is 5.32 Å². The van der Waals surface area contributed by atoms with Crippen molar-refractivity contribution in [3.63, 3.8) is 0 Å². The van der Waals surface area contributed by atoms with Gasteiger partial charge in [0.2, 0.25) is 5.91 Å². The topological polar surface area (TPSA) is 107 Å². The van der Waals surface area contributed by atoms with Crippen LogP contribution < -0.4 is 11.1 Å². The number of carbonyl (C=O) groups is 1. The maximum Gasteiger partial charge on any atom is 0.292 e. The predicted molar refractivity (Wildman–Crippen MR) is 69.1 cm³/mol. The summed E-state index contributed by atoms with van der Waals surface area (Å²) < 4.78 is 5.43. The molecular weight excluding hydrogens is 250 g/mol. The third kappa shape index (κ3) is 3.19. The first-order valence-corrected chi connectivity index (χ1v) is 6.01. The summed E-state index contributed by atoms with van der Waals surface area (Å²) >= 11 is 0. The second-order valence-electron chi connectivity index (χ2n) is 4.37. The molecule has 19 heavy (non-hydrogen) atoms. The molecule has 0 aromatic heterocycles. The van der Waals surface area contributed by atoms with Gasteiger partial charge < -0.3 is 15.8 Å². The van der Waals surface area contributed by atoms with Crippen LogP contribution in [0.3, 0.4) is 0 Å². The lowest BCUT2D eigenvalue weighted by Gasteiger charge is -2.12. The smallest absolute Gasteiger partial charge is 0.292 e. The van der Waals surface area contributed by atoms with Crippen LogP contribution in [-0.4, -0.2) is 30.1 Å². The molecule has 0 aliphatic carbocycles. The first-order valence-electron chi connectivity index (χ1n) is 6.01. The second kappa shape index (κ2) is 5.66. The highest BCUT2D eigenvalue weighted by Crippen LogP contribution is 2.26.